The molecule has 0 unspecified atom stereocenters. The quantitative estimate of drug-likeness (QED) is 0.685. The highest BCUT2D eigenvalue weighted by atomic mass is 16.5. The van der Waals surface area contributed by atoms with Gasteiger partial charge in [-0.2, -0.15) is 0 Å². The Labute approximate surface area is 165 Å². The SMILES string of the molecule is c1ccc(-c2ccc(O[C@@H]3C4CCN(CC4)[C@H]3Cc3cccnc3)nn2)cc1. The van der Waals surface area contributed by atoms with Crippen molar-refractivity contribution in [3.05, 3.63) is 72.6 Å². The highest BCUT2D eigenvalue weighted by Crippen LogP contribution is 2.36. The van der Waals surface area contributed by atoms with Gasteiger partial charge in [-0.3, -0.25) is 9.88 Å². The summed E-state index contributed by atoms with van der Waals surface area (Å²) in [6, 6.07) is 18.6. The molecule has 3 saturated heterocycles. The first-order chi connectivity index (χ1) is 13.9. The van der Waals surface area contributed by atoms with Gasteiger partial charge in [0.25, 0.3) is 0 Å². The van der Waals surface area contributed by atoms with Gasteiger partial charge in [0.2, 0.25) is 5.88 Å². The van der Waals surface area contributed by atoms with Crippen LogP contribution in [0, 0.1) is 5.92 Å². The lowest BCUT2D eigenvalue weighted by Gasteiger charge is -2.50. The second kappa shape index (κ2) is 7.68. The number of aromatic nitrogens is 3. The molecule has 3 aromatic rings. The van der Waals surface area contributed by atoms with Crippen molar-refractivity contribution in [1.29, 1.82) is 0 Å². The maximum atomic E-state index is 6.43. The van der Waals surface area contributed by atoms with Crippen LogP contribution in [0.4, 0.5) is 0 Å². The van der Waals surface area contributed by atoms with E-state index in [4.69, 9.17) is 4.74 Å². The van der Waals surface area contributed by atoms with Crippen molar-refractivity contribution in [1.82, 2.24) is 20.1 Å². The molecule has 2 bridgehead atoms. The van der Waals surface area contributed by atoms with Crippen LogP contribution in [0.15, 0.2) is 67.0 Å². The van der Waals surface area contributed by atoms with E-state index in [0.717, 1.165) is 30.8 Å². The number of hydrogen-bond donors (Lipinski definition) is 0. The van der Waals surface area contributed by atoms with Crippen molar-refractivity contribution < 1.29 is 4.74 Å². The lowest BCUT2D eigenvalue weighted by atomic mass is 9.78. The summed E-state index contributed by atoms with van der Waals surface area (Å²) in [5, 5.41) is 8.76. The highest BCUT2D eigenvalue weighted by Gasteiger charge is 2.43. The van der Waals surface area contributed by atoms with E-state index in [2.05, 4.69) is 26.1 Å². The molecule has 3 aliphatic rings. The second-order valence-electron chi connectivity index (χ2n) is 7.71. The van der Waals surface area contributed by atoms with Gasteiger partial charge in [-0.25, -0.2) is 0 Å². The standard InChI is InChI=1S/C23H24N4O/c1-2-6-18(7-3-1)20-8-9-22(26-25-20)28-23-19-10-13-27(14-11-19)21(23)15-17-5-4-12-24-16-17/h1-9,12,16,19,21,23H,10-11,13-15H2/t21-,23+/m0/s1. The summed E-state index contributed by atoms with van der Waals surface area (Å²) in [6.07, 6.45) is 7.31. The fraction of sp³-hybridized carbons (Fsp3) is 0.348. The molecule has 2 atom stereocenters. The Bertz CT molecular complexity index is 893. The molecular weight excluding hydrogens is 348 g/mol. The van der Waals surface area contributed by atoms with Crippen molar-refractivity contribution in [2.45, 2.75) is 31.4 Å². The van der Waals surface area contributed by atoms with Gasteiger partial charge in [-0.15, -0.1) is 10.2 Å². The maximum absolute atomic E-state index is 6.43. The van der Waals surface area contributed by atoms with Crippen LogP contribution >= 0.6 is 0 Å². The fourth-order valence-electron chi connectivity index (χ4n) is 4.57. The molecule has 28 heavy (non-hydrogen) atoms. The summed E-state index contributed by atoms with van der Waals surface area (Å²) in [6.45, 7) is 2.32. The van der Waals surface area contributed by atoms with Gasteiger partial charge in [-0.1, -0.05) is 36.4 Å². The van der Waals surface area contributed by atoms with E-state index in [1.54, 1.807) is 0 Å². The first kappa shape index (κ1) is 17.3. The Morgan fingerprint density at radius 3 is 2.50 bits per heavy atom. The minimum atomic E-state index is 0.152. The third kappa shape index (κ3) is 3.50. The van der Waals surface area contributed by atoms with E-state index in [0.29, 0.717) is 17.8 Å². The first-order valence-electron chi connectivity index (χ1n) is 10.1. The lowest BCUT2D eigenvalue weighted by molar-refractivity contribution is -0.0599. The molecular formula is C23H24N4O. The van der Waals surface area contributed by atoms with Crippen LogP contribution in [-0.4, -0.2) is 45.3 Å². The molecule has 6 rings (SSSR count). The zero-order valence-corrected chi connectivity index (χ0v) is 15.8. The molecule has 0 aliphatic carbocycles. The number of ether oxygens (including phenoxy) is 1. The number of piperidine rings is 3. The number of pyridine rings is 1. The molecule has 0 N–H and O–H groups in total. The first-order valence-corrected chi connectivity index (χ1v) is 10.1. The molecule has 5 heterocycles. The van der Waals surface area contributed by atoms with Gasteiger partial charge in [-0.05, 0) is 56.0 Å². The largest absolute Gasteiger partial charge is 0.471 e. The van der Waals surface area contributed by atoms with Crippen molar-refractivity contribution in [3.63, 3.8) is 0 Å². The van der Waals surface area contributed by atoms with Gasteiger partial charge in [0.05, 0.1) is 11.7 Å². The van der Waals surface area contributed by atoms with E-state index < -0.39 is 0 Å². The average Bonchev–Trinajstić information content (AvgIpc) is 2.78. The molecule has 0 radical (unpaired) electrons. The van der Waals surface area contributed by atoms with Crippen LogP contribution in [0.2, 0.25) is 0 Å². The van der Waals surface area contributed by atoms with E-state index >= 15 is 0 Å². The number of rotatable bonds is 5. The average molecular weight is 372 g/mol. The summed E-state index contributed by atoms with van der Waals surface area (Å²) in [5.41, 5.74) is 3.20. The van der Waals surface area contributed by atoms with E-state index in [9.17, 15) is 0 Å². The van der Waals surface area contributed by atoms with E-state index in [1.165, 1.54) is 18.4 Å². The Kier molecular flexibility index (Phi) is 4.75. The molecule has 5 nitrogen and oxygen atoms in total. The van der Waals surface area contributed by atoms with Crippen molar-refractivity contribution in [2.75, 3.05) is 13.1 Å². The van der Waals surface area contributed by atoms with Crippen molar-refractivity contribution in [2.24, 2.45) is 5.92 Å². The minimum absolute atomic E-state index is 0.152. The Hall–Kier alpha value is -2.79. The second-order valence-corrected chi connectivity index (χ2v) is 7.71. The zero-order valence-electron chi connectivity index (χ0n) is 15.8. The number of benzene rings is 1. The predicted molar refractivity (Wildman–Crippen MR) is 108 cm³/mol. The highest BCUT2D eigenvalue weighted by molar-refractivity contribution is 5.58. The number of fused-ring (bicyclic) bond motifs is 3. The Morgan fingerprint density at radius 1 is 0.929 bits per heavy atom. The van der Waals surface area contributed by atoms with Crippen LogP contribution in [0.3, 0.4) is 0 Å². The number of nitrogens with zero attached hydrogens (tertiary/aromatic N) is 4. The van der Waals surface area contributed by atoms with Crippen LogP contribution in [0.5, 0.6) is 5.88 Å². The van der Waals surface area contributed by atoms with E-state index in [-0.39, 0.29) is 6.10 Å². The Balaban J connectivity index is 1.35. The Morgan fingerprint density at radius 2 is 1.79 bits per heavy atom. The molecule has 1 aromatic carbocycles. The summed E-state index contributed by atoms with van der Waals surface area (Å²) in [7, 11) is 0. The zero-order chi connectivity index (χ0) is 18.8. The molecule has 142 valence electrons. The van der Waals surface area contributed by atoms with Gasteiger partial charge in [0.1, 0.15) is 6.10 Å². The van der Waals surface area contributed by atoms with Crippen molar-refractivity contribution >= 4 is 0 Å². The van der Waals surface area contributed by atoms with E-state index in [1.807, 2.05) is 60.9 Å². The van der Waals surface area contributed by atoms with Gasteiger partial charge in [0, 0.05) is 24.0 Å². The molecule has 0 amide bonds. The smallest absolute Gasteiger partial charge is 0.233 e. The van der Waals surface area contributed by atoms with Gasteiger partial charge >= 0.3 is 0 Å². The minimum Gasteiger partial charge on any atom is -0.471 e. The summed E-state index contributed by atoms with van der Waals surface area (Å²) < 4.78 is 6.43. The van der Waals surface area contributed by atoms with Crippen LogP contribution < -0.4 is 4.74 Å². The fourth-order valence-corrected chi connectivity index (χ4v) is 4.57. The topological polar surface area (TPSA) is 51.1 Å². The molecule has 3 fully saturated rings. The van der Waals surface area contributed by atoms with Crippen LogP contribution in [-0.2, 0) is 6.42 Å². The summed E-state index contributed by atoms with van der Waals surface area (Å²) >= 11 is 0. The third-order valence-electron chi connectivity index (χ3n) is 6.02. The van der Waals surface area contributed by atoms with Gasteiger partial charge < -0.3 is 4.74 Å². The van der Waals surface area contributed by atoms with Crippen molar-refractivity contribution in [3.8, 4) is 17.1 Å². The lowest BCUT2D eigenvalue weighted by Crippen LogP contribution is -2.60. The van der Waals surface area contributed by atoms with Crippen LogP contribution in [0.1, 0.15) is 18.4 Å². The van der Waals surface area contributed by atoms with Crippen LogP contribution in [0.25, 0.3) is 11.3 Å². The molecule has 0 saturated carbocycles. The number of hydrogen-bond acceptors (Lipinski definition) is 5. The monoisotopic (exact) mass is 372 g/mol. The normalized spacial score (nSPS) is 26.1. The maximum Gasteiger partial charge on any atom is 0.233 e. The molecule has 0 spiro atoms. The predicted octanol–water partition coefficient (Wildman–Crippen LogP) is 3.62. The molecule has 3 aliphatic heterocycles. The molecule has 2 aromatic heterocycles. The van der Waals surface area contributed by atoms with Gasteiger partial charge in [0.15, 0.2) is 0 Å². The summed E-state index contributed by atoms with van der Waals surface area (Å²) in [4.78, 5) is 6.85. The summed E-state index contributed by atoms with van der Waals surface area (Å²) in [5.74, 6) is 1.21. The third-order valence-corrected chi connectivity index (χ3v) is 6.02. The molecule has 5 heteroatoms.